The van der Waals surface area contributed by atoms with Gasteiger partial charge in [0.25, 0.3) is 5.91 Å². The average molecular weight is 413 g/mol. The van der Waals surface area contributed by atoms with E-state index in [4.69, 9.17) is 4.84 Å². The smallest absolute Gasteiger partial charge is 0.258 e. The van der Waals surface area contributed by atoms with Gasteiger partial charge in [-0.3, -0.25) is 4.79 Å². The van der Waals surface area contributed by atoms with Gasteiger partial charge in [-0.2, -0.15) is 0 Å². The molecule has 0 atom stereocenters. The minimum atomic E-state index is -0.156. The van der Waals surface area contributed by atoms with Crippen molar-refractivity contribution >= 4 is 44.5 Å². The number of rotatable bonds is 4. The zero-order chi connectivity index (χ0) is 18.1. The number of allylic oxidation sites excluding steroid dienone is 1. The third-order valence-corrected chi connectivity index (χ3v) is 4.75. The molecule has 2 aromatic carbocycles. The maximum absolute atomic E-state index is 12.7. The molecule has 0 aromatic heterocycles. The number of nitrogens with one attached hydrogen (secondary N) is 3. The molecule has 2 aliphatic rings. The molecule has 7 heteroatoms. The SMILES string of the molecule is CNCCO/N=C1/C(=C2/C(=O)Nc3ccc(Br)cc32)Nc2ccccc21. The molecule has 3 N–H and O–H groups in total. The molecule has 2 aromatic rings. The van der Waals surface area contributed by atoms with Crippen LogP contribution in [0.15, 0.2) is 57.8 Å². The Morgan fingerprint density at radius 3 is 2.77 bits per heavy atom. The molecule has 6 nitrogen and oxygen atoms in total. The minimum Gasteiger partial charge on any atom is -0.394 e. The van der Waals surface area contributed by atoms with Crippen LogP contribution >= 0.6 is 15.9 Å². The van der Waals surface area contributed by atoms with Gasteiger partial charge in [-0.1, -0.05) is 39.3 Å². The number of oxime groups is 1. The Morgan fingerprint density at radius 1 is 1.12 bits per heavy atom. The Hall–Kier alpha value is -2.64. The van der Waals surface area contributed by atoms with E-state index in [0.29, 0.717) is 30.1 Å². The van der Waals surface area contributed by atoms with E-state index in [1.165, 1.54) is 0 Å². The molecule has 1 amide bonds. The number of hydrogen-bond acceptors (Lipinski definition) is 5. The van der Waals surface area contributed by atoms with Crippen molar-refractivity contribution in [2.24, 2.45) is 5.16 Å². The van der Waals surface area contributed by atoms with E-state index in [-0.39, 0.29) is 5.91 Å². The van der Waals surface area contributed by atoms with Crippen LogP contribution in [0.5, 0.6) is 0 Å². The number of para-hydroxylation sites is 1. The predicted octanol–water partition coefficient (Wildman–Crippen LogP) is 3.18. The average Bonchev–Trinajstić information content (AvgIpc) is 3.15. The fraction of sp³-hybridized carbons (Fsp3) is 0.158. The lowest BCUT2D eigenvalue weighted by Gasteiger charge is -2.07. The van der Waals surface area contributed by atoms with Crippen LogP contribution in [0.1, 0.15) is 11.1 Å². The molecule has 132 valence electrons. The lowest BCUT2D eigenvalue weighted by molar-refractivity contribution is -0.110. The van der Waals surface area contributed by atoms with Gasteiger partial charge < -0.3 is 20.8 Å². The third-order valence-electron chi connectivity index (χ3n) is 4.25. The predicted molar refractivity (Wildman–Crippen MR) is 106 cm³/mol. The molecule has 0 fully saturated rings. The maximum Gasteiger partial charge on any atom is 0.258 e. The Morgan fingerprint density at radius 2 is 1.92 bits per heavy atom. The molecule has 0 unspecified atom stereocenters. The number of halogens is 1. The number of nitrogens with zero attached hydrogens (tertiary/aromatic N) is 1. The van der Waals surface area contributed by atoms with E-state index in [1.807, 2.05) is 49.5 Å². The van der Waals surface area contributed by atoms with Crippen molar-refractivity contribution in [2.75, 3.05) is 30.8 Å². The number of carbonyl (C=O) groups excluding carboxylic acids is 1. The molecule has 2 heterocycles. The van der Waals surface area contributed by atoms with E-state index < -0.39 is 0 Å². The summed E-state index contributed by atoms with van der Waals surface area (Å²) in [6, 6.07) is 13.5. The van der Waals surface area contributed by atoms with Gasteiger partial charge in [-0.05, 0) is 31.3 Å². The van der Waals surface area contributed by atoms with Gasteiger partial charge >= 0.3 is 0 Å². The summed E-state index contributed by atoms with van der Waals surface area (Å²) in [5, 5.41) is 13.6. The maximum atomic E-state index is 12.7. The second-order valence-electron chi connectivity index (χ2n) is 5.94. The molecule has 2 aliphatic heterocycles. The summed E-state index contributed by atoms with van der Waals surface area (Å²) in [4.78, 5) is 18.1. The zero-order valence-corrected chi connectivity index (χ0v) is 15.7. The van der Waals surface area contributed by atoms with Crippen molar-refractivity contribution in [1.82, 2.24) is 5.32 Å². The van der Waals surface area contributed by atoms with Gasteiger partial charge in [0.05, 0.1) is 11.3 Å². The fourth-order valence-electron chi connectivity index (χ4n) is 3.05. The Kier molecular flexibility index (Phi) is 4.48. The summed E-state index contributed by atoms with van der Waals surface area (Å²) in [6.07, 6.45) is 0. The standard InChI is InChI=1S/C19H17BrN4O2/c1-21-8-9-26-24-17-12-4-2-3-5-14(12)22-18(17)16-13-10-11(20)6-7-15(13)23-19(16)25/h2-7,10,21-22H,8-9H2,1H3,(H,23,25)/b18-16-,24-17+. The second kappa shape index (κ2) is 6.93. The molecular weight excluding hydrogens is 396 g/mol. The Labute approximate surface area is 159 Å². The van der Waals surface area contributed by atoms with Crippen LogP contribution in [0.25, 0.3) is 5.57 Å². The van der Waals surface area contributed by atoms with Crippen LogP contribution < -0.4 is 16.0 Å². The number of benzene rings is 2. The summed E-state index contributed by atoms with van der Waals surface area (Å²) < 4.78 is 0.908. The molecule has 0 radical (unpaired) electrons. The number of hydrogen-bond donors (Lipinski definition) is 3. The highest BCUT2D eigenvalue weighted by Gasteiger charge is 2.34. The summed E-state index contributed by atoms with van der Waals surface area (Å²) in [5.74, 6) is -0.156. The number of fused-ring (bicyclic) bond motifs is 2. The van der Waals surface area contributed by atoms with Crippen molar-refractivity contribution in [2.45, 2.75) is 0 Å². The zero-order valence-electron chi connectivity index (χ0n) is 14.1. The van der Waals surface area contributed by atoms with Crippen LogP contribution in [0.2, 0.25) is 0 Å². The summed E-state index contributed by atoms with van der Waals surface area (Å²) in [7, 11) is 1.86. The Balaban J connectivity index is 1.84. The van der Waals surface area contributed by atoms with Gasteiger partial charge in [0.2, 0.25) is 0 Å². The first-order chi connectivity index (χ1) is 12.7. The lowest BCUT2D eigenvalue weighted by Crippen LogP contribution is -2.15. The van der Waals surface area contributed by atoms with E-state index in [1.54, 1.807) is 0 Å². The van der Waals surface area contributed by atoms with E-state index in [0.717, 1.165) is 27.0 Å². The van der Waals surface area contributed by atoms with Crippen molar-refractivity contribution in [3.05, 3.63) is 63.8 Å². The van der Waals surface area contributed by atoms with Crippen molar-refractivity contribution in [3.8, 4) is 0 Å². The number of amides is 1. The lowest BCUT2D eigenvalue weighted by atomic mass is 10.0. The summed E-state index contributed by atoms with van der Waals surface area (Å²) >= 11 is 3.48. The van der Waals surface area contributed by atoms with Crippen LogP contribution in [0, 0.1) is 0 Å². The number of anilines is 2. The highest BCUT2D eigenvalue weighted by molar-refractivity contribution is 9.10. The van der Waals surface area contributed by atoms with Gasteiger partial charge in [-0.15, -0.1) is 0 Å². The first kappa shape index (κ1) is 16.8. The summed E-state index contributed by atoms with van der Waals surface area (Å²) in [6.45, 7) is 1.13. The highest BCUT2D eigenvalue weighted by atomic mass is 79.9. The highest BCUT2D eigenvalue weighted by Crippen LogP contribution is 2.40. The van der Waals surface area contributed by atoms with Gasteiger partial charge in [0, 0.05) is 33.5 Å². The normalized spacial score (nSPS) is 19.2. The summed E-state index contributed by atoms with van der Waals surface area (Å²) in [5.41, 5.74) is 5.29. The van der Waals surface area contributed by atoms with Crippen molar-refractivity contribution in [3.63, 3.8) is 0 Å². The van der Waals surface area contributed by atoms with E-state index in [9.17, 15) is 4.79 Å². The van der Waals surface area contributed by atoms with Gasteiger partial charge in [0.15, 0.2) is 0 Å². The van der Waals surface area contributed by atoms with E-state index in [2.05, 4.69) is 37.0 Å². The molecule has 4 rings (SSSR count). The van der Waals surface area contributed by atoms with E-state index >= 15 is 0 Å². The third kappa shape index (κ3) is 2.89. The quantitative estimate of drug-likeness (QED) is 0.409. The number of carbonyl (C=O) groups is 1. The fourth-order valence-corrected chi connectivity index (χ4v) is 3.41. The molecule has 0 saturated carbocycles. The van der Waals surface area contributed by atoms with Crippen LogP contribution in [-0.4, -0.2) is 31.8 Å². The van der Waals surface area contributed by atoms with Crippen LogP contribution in [0.3, 0.4) is 0 Å². The molecule has 26 heavy (non-hydrogen) atoms. The largest absolute Gasteiger partial charge is 0.394 e. The first-order valence-corrected chi connectivity index (χ1v) is 9.05. The monoisotopic (exact) mass is 412 g/mol. The second-order valence-corrected chi connectivity index (χ2v) is 6.86. The van der Waals surface area contributed by atoms with Crippen LogP contribution in [-0.2, 0) is 9.63 Å². The molecular formula is C19H17BrN4O2. The minimum absolute atomic E-state index is 0.156. The molecule has 0 bridgehead atoms. The number of likely N-dealkylation sites (N-methyl/N-ethyl adjacent to an activating group) is 1. The molecule has 0 saturated heterocycles. The molecule has 0 aliphatic carbocycles. The van der Waals surface area contributed by atoms with Crippen LogP contribution in [0.4, 0.5) is 11.4 Å². The topological polar surface area (TPSA) is 74.8 Å². The van der Waals surface area contributed by atoms with Gasteiger partial charge in [0.1, 0.15) is 12.3 Å². The van der Waals surface area contributed by atoms with Crippen molar-refractivity contribution < 1.29 is 9.63 Å². The Bertz CT molecular complexity index is 952. The molecule has 0 spiro atoms. The first-order valence-electron chi connectivity index (χ1n) is 8.26. The van der Waals surface area contributed by atoms with Crippen molar-refractivity contribution in [1.29, 1.82) is 0 Å². The van der Waals surface area contributed by atoms with Gasteiger partial charge in [-0.25, -0.2) is 0 Å².